The van der Waals surface area contributed by atoms with Gasteiger partial charge in [-0.05, 0) is 31.1 Å². The molecule has 3 N–H and O–H groups in total. The first-order chi connectivity index (χ1) is 8.56. The highest BCUT2D eigenvalue weighted by atomic mass is 16.5. The van der Waals surface area contributed by atoms with Gasteiger partial charge in [-0.25, -0.2) is 0 Å². The topological polar surface area (TPSA) is 64.3 Å². The molecule has 1 aliphatic carbocycles. The van der Waals surface area contributed by atoms with Crippen LogP contribution in [0.2, 0.25) is 0 Å². The average Bonchev–Trinajstić information content (AvgIpc) is 2.35. The summed E-state index contributed by atoms with van der Waals surface area (Å²) in [5.74, 6) is 1.24. The molecule has 1 saturated carbocycles. The SMILES string of the molecule is COCCCC(N)C(=O)NC1CCCC(C)C1C. The van der Waals surface area contributed by atoms with Gasteiger partial charge in [-0.2, -0.15) is 0 Å². The molecule has 1 rings (SSSR count). The lowest BCUT2D eigenvalue weighted by molar-refractivity contribution is -0.124. The van der Waals surface area contributed by atoms with E-state index in [0.717, 1.165) is 12.8 Å². The smallest absolute Gasteiger partial charge is 0.237 e. The summed E-state index contributed by atoms with van der Waals surface area (Å²) in [4.78, 5) is 12.0. The van der Waals surface area contributed by atoms with Crippen LogP contribution in [0.3, 0.4) is 0 Å². The fourth-order valence-corrected chi connectivity index (χ4v) is 2.65. The molecule has 1 fully saturated rings. The summed E-state index contributed by atoms with van der Waals surface area (Å²) >= 11 is 0. The van der Waals surface area contributed by atoms with Gasteiger partial charge >= 0.3 is 0 Å². The fourth-order valence-electron chi connectivity index (χ4n) is 2.65. The number of methoxy groups -OCH3 is 1. The molecule has 0 saturated heterocycles. The van der Waals surface area contributed by atoms with E-state index in [-0.39, 0.29) is 5.91 Å². The highest BCUT2D eigenvalue weighted by Gasteiger charge is 2.29. The molecular formula is C14H28N2O2. The van der Waals surface area contributed by atoms with Crippen molar-refractivity contribution in [3.05, 3.63) is 0 Å². The van der Waals surface area contributed by atoms with Crippen molar-refractivity contribution < 1.29 is 9.53 Å². The molecule has 4 nitrogen and oxygen atoms in total. The zero-order valence-electron chi connectivity index (χ0n) is 11.9. The molecule has 0 aliphatic heterocycles. The lowest BCUT2D eigenvalue weighted by atomic mass is 9.78. The zero-order chi connectivity index (χ0) is 13.5. The predicted octanol–water partition coefficient (Wildman–Crippen LogP) is 1.68. The number of carbonyl (C=O) groups is 1. The van der Waals surface area contributed by atoms with Crippen molar-refractivity contribution in [1.29, 1.82) is 0 Å². The molecule has 0 radical (unpaired) electrons. The first-order valence-corrected chi connectivity index (χ1v) is 7.11. The highest BCUT2D eigenvalue weighted by Crippen LogP contribution is 2.29. The Hall–Kier alpha value is -0.610. The third-order valence-electron chi connectivity index (χ3n) is 4.23. The molecular weight excluding hydrogens is 228 g/mol. The predicted molar refractivity (Wildman–Crippen MR) is 73.2 cm³/mol. The lowest BCUT2D eigenvalue weighted by Crippen LogP contribution is -2.49. The van der Waals surface area contributed by atoms with Crippen LogP contribution in [-0.4, -0.2) is 31.7 Å². The van der Waals surface area contributed by atoms with Crippen LogP contribution < -0.4 is 11.1 Å². The molecule has 1 aliphatic rings. The molecule has 106 valence electrons. The summed E-state index contributed by atoms with van der Waals surface area (Å²) in [7, 11) is 1.66. The van der Waals surface area contributed by atoms with Crippen molar-refractivity contribution in [3.8, 4) is 0 Å². The molecule has 0 bridgehead atoms. The second-order valence-electron chi connectivity index (χ2n) is 5.62. The van der Waals surface area contributed by atoms with E-state index in [1.54, 1.807) is 7.11 Å². The second kappa shape index (κ2) is 7.74. The van der Waals surface area contributed by atoms with E-state index >= 15 is 0 Å². The molecule has 1 amide bonds. The molecule has 0 aromatic heterocycles. The van der Waals surface area contributed by atoms with Crippen LogP contribution in [0.5, 0.6) is 0 Å². The standard InChI is InChI=1S/C14H28N2O2/c1-10-6-4-8-13(11(10)2)16-14(17)12(15)7-5-9-18-3/h10-13H,4-9,15H2,1-3H3,(H,16,17). The average molecular weight is 256 g/mol. The minimum absolute atomic E-state index is 0.00273. The van der Waals surface area contributed by atoms with E-state index in [2.05, 4.69) is 19.2 Å². The van der Waals surface area contributed by atoms with Crippen LogP contribution in [0.15, 0.2) is 0 Å². The number of hydrogen-bond donors (Lipinski definition) is 2. The maximum atomic E-state index is 12.0. The Kier molecular flexibility index (Phi) is 6.65. The molecule has 0 spiro atoms. The minimum Gasteiger partial charge on any atom is -0.385 e. The molecule has 18 heavy (non-hydrogen) atoms. The van der Waals surface area contributed by atoms with E-state index in [1.165, 1.54) is 12.8 Å². The van der Waals surface area contributed by atoms with Gasteiger partial charge in [-0.3, -0.25) is 4.79 Å². The maximum absolute atomic E-state index is 12.0. The second-order valence-corrected chi connectivity index (χ2v) is 5.62. The molecule has 4 atom stereocenters. The van der Waals surface area contributed by atoms with Gasteiger partial charge in [0, 0.05) is 19.8 Å². The molecule has 0 aromatic carbocycles. The Bertz CT molecular complexity index is 258. The maximum Gasteiger partial charge on any atom is 0.237 e. The van der Waals surface area contributed by atoms with Gasteiger partial charge in [-0.15, -0.1) is 0 Å². The van der Waals surface area contributed by atoms with Gasteiger partial charge < -0.3 is 15.8 Å². The van der Waals surface area contributed by atoms with Gasteiger partial charge in [0.25, 0.3) is 0 Å². The summed E-state index contributed by atoms with van der Waals surface area (Å²) in [6.45, 7) is 5.16. The number of hydrogen-bond acceptors (Lipinski definition) is 3. The summed E-state index contributed by atoms with van der Waals surface area (Å²) in [6.07, 6.45) is 5.09. The number of rotatable bonds is 6. The van der Waals surface area contributed by atoms with Crippen LogP contribution in [0.25, 0.3) is 0 Å². The summed E-state index contributed by atoms with van der Waals surface area (Å²) in [6, 6.07) is -0.0979. The summed E-state index contributed by atoms with van der Waals surface area (Å²) in [5, 5.41) is 3.12. The van der Waals surface area contributed by atoms with Crippen molar-refractivity contribution in [2.24, 2.45) is 17.6 Å². The van der Waals surface area contributed by atoms with Crippen molar-refractivity contribution in [2.75, 3.05) is 13.7 Å². The zero-order valence-corrected chi connectivity index (χ0v) is 11.9. The van der Waals surface area contributed by atoms with Gasteiger partial charge in [0.15, 0.2) is 0 Å². The van der Waals surface area contributed by atoms with Gasteiger partial charge in [0.05, 0.1) is 6.04 Å². The number of ether oxygens (including phenoxy) is 1. The Balaban J connectivity index is 2.34. The molecule has 0 aromatic rings. The third kappa shape index (κ3) is 4.58. The summed E-state index contributed by atoms with van der Waals surface area (Å²) in [5.41, 5.74) is 5.89. The molecule has 0 heterocycles. The van der Waals surface area contributed by atoms with Crippen molar-refractivity contribution in [3.63, 3.8) is 0 Å². The van der Waals surface area contributed by atoms with Crippen molar-refractivity contribution in [1.82, 2.24) is 5.32 Å². The quantitative estimate of drug-likeness (QED) is 0.711. The van der Waals surface area contributed by atoms with Gasteiger partial charge in [0.1, 0.15) is 0 Å². The van der Waals surface area contributed by atoms with E-state index < -0.39 is 6.04 Å². The van der Waals surface area contributed by atoms with Crippen LogP contribution >= 0.6 is 0 Å². The fraction of sp³-hybridized carbons (Fsp3) is 0.929. The van der Waals surface area contributed by atoms with E-state index in [4.69, 9.17) is 10.5 Å². The van der Waals surface area contributed by atoms with Crippen molar-refractivity contribution >= 4 is 5.91 Å². The van der Waals surface area contributed by atoms with E-state index in [9.17, 15) is 4.79 Å². The minimum atomic E-state index is -0.399. The van der Waals surface area contributed by atoms with Gasteiger partial charge in [-0.1, -0.05) is 26.7 Å². The number of carbonyl (C=O) groups excluding carboxylic acids is 1. The van der Waals surface area contributed by atoms with Crippen LogP contribution in [-0.2, 0) is 9.53 Å². The first kappa shape index (κ1) is 15.4. The normalized spacial score (nSPS) is 29.9. The van der Waals surface area contributed by atoms with E-state index in [1.807, 2.05) is 0 Å². The Morgan fingerprint density at radius 1 is 1.44 bits per heavy atom. The van der Waals surface area contributed by atoms with Crippen LogP contribution in [0, 0.1) is 11.8 Å². The number of nitrogens with two attached hydrogens (primary N) is 1. The van der Waals surface area contributed by atoms with Crippen LogP contribution in [0.1, 0.15) is 46.0 Å². The Labute approximate surface area is 111 Å². The Morgan fingerprint density at radius 3 is 2.83 bits per heavy atom. The monoisotopic (exact) mass is 256 g/mol. The Morgan fingerprint density at radius 2 is 2.17 bits per heavy atom. The third-order valence-corrected chi connectivity index (χ3v) is 4.23. The van der Waals surface area contributed by atoms with Crippen LogP contribution in [0.4, 0.5) is 0 Å². The number of amides is 1. The summed E-state index contributed by atoms with van der Waals surface area (Å²) < 4.78 is 4.97. The van der Waals surface area contributed by atoms with Gasteiger partial charge in [0.2, 0.25) is 5.91 Å². The van der Waals surface area contributed by atoms with E-state index in [0.29, 0.717) is 30.9 Å². The number of nitrogens with one attached hydrogen (secondary N) is 1. The van der Waals surface area contributed by atoms with Crippen molar-refractivity contribution in [2.45, 2.75) is 58.0 Å². The largest absolute Gasteiger partial charge is 0.385 e. The lowest BCUT2D eigenvalue weighted by Gasteiger charge is -2.35. The highest BCUT2D eigenvalue weighted by molar-refractivity contribution is 5.81. The first-order valence-electron chi connectivity index (χ1n) is 7.11. The molecule has 4 unspecified atom stereocenters. The molecule has 4 heteroatoms.